The minimum Gasteiger partial charge on any atom is -0.481 e. The number of rotatable bonds is 7. The number of aliphatic carboxylic acids is 1. The van der Waals surface area contributed by atoms with Gasteiger partial charge in [0.1, 0.15) is 0 Å². The molecule has 0 aromatic heterocycles. The van der Waals surface area contributed by atoms with Crippen LogP contribution in [0.4, 0.5) is 0 Å². The average molecular weight is 310 g/mol. The molecule has 0 heterocycles. The van der Waals surface area contributed by atoms with Gasteiger partial charge in [-0.15, -0.1) is 0 Å². The molecule has 0 aliphatic rings. The fraction of sp³-hybridized carbons (Fsp3) is 0.429. The Bertz CT molecular complexity index is 647. The van der Waals surface area contributed by atoms with Crippen molar-refractivity contribution in [1.82, 2.24) is 4.72 Å². The van der Waals surface area contributed by atoms with Crippen LogP contribution >= 0.6 is 0 Å². The van der Waals surface area contributed by atoms with E-state index in [4.69, 9.17) is 10.4 Å². The van der Waals surface area contributed by atoms with Crippen LogP contribution in [0.1, 0.15) is 25.0 Å². The van der Waals surface area contributed by atoms with E-state index in [0.29, 0.717) is 11.1 Å². The molecule has 2 N–H and O–H groups in total. The van der Waals surface area contributed by atoms with Crippen LogP contribution < -0.4 is 4.72 Å². The summed E-state index contributed by atoms with van der Waals surface area (Å²) in [7, 11) is -3.64. The molecule has 21 heavy (non-hydrogen) atoms. The summed E-state index contributed by atoms with van der Waals surface area (Å²) >= 11 is 0. The Morgan fingerprint density at radius 2 is 2.10 bits per heavy atom. The first-order valence-electron chi connectivity index (χ1n) is 6.44. The Kier molecular flexibility index (Phi) is 5.88. The second-order valence-electron chi connectivity index (χ2n) is 5.11. The first-order valence-corrected chi connectivity index (χ1v) is 8.09. The molecule has 0 saturated heterocycles. The summed E-state index contributed by atoms with van der Waals surface area (Å²) in [5.74, 6) is -2.26. The van der Waals surface area contributed by atoms with Crippen LogP contribution in [0, 0.1) is 23.2 Å². The van der Waals surface area contributed by atoms with E-state index in [2.05, 4.69) is 4.72 Å². The quantitative estimate of drug-likeness (QED) is 0.790. The molecule has 1 rings (SSSR count). The topological polar surface area (TPSA) is 107 Å². The van der Waals surface area contributed by atoms with Gasteiger partial charge >= 0.3 is 5.97 Å². The minimum absolute atomic E-state index is 0.146. The SMILES string of the molecule is CC(C)C(CNS(=O)(=O)Cc1cccc(C#N)c1)C(=O)O. The van der Waals surface area contributed by atoms with E-state index in [-0.39, 0.29) is 18.2 Å². The van der Waals surface area contributed by atoms with Crippen molar-refractivity contribution >= 4 is 16.0 Å². The van der Waals surface area contributed by atoms with E-state index >= 15 is 0 Å². The van der Waals surface area contributed by atoms with E-state index in [1.807, 2.05) is 6.07 Å². The van der Waals surface area contributed by atoms with Crippen molar-refractivity contribution in [2.24, 2.45) is 11.8 Å². The zero-order valence-corrected chi connectivity index (χ0v) is 12.7. The molecular weight excluding hydrogens is 292 g/mol. The fourth-order valence-corrected chi connectivity index (χ4v) is 2.98. The standard InChI is InChI=1S/C14H18N2O4S/c1-10(2)13(14(17)18)8-16-21(19,20)9-12-5-3-4-11(6-12)7-15/h3-6,10,13,16H,8-9H2,1-2H3,(H,17,18). The predicted molar refractivity (Wildman–Crippen MR) is 77.7 cm³/mol. The molecule has 0 saturated carbocycles. The highest BCUT2D eigenvalue weighted by molar-refractivity contribution is 7.88. The lowest BCUT2D eigenvalue weighted by Gasteiger charge is -2.16. The maximum Gasteiger partial charge on any atom is 0.308 e. The monoisotopic (exact) mass is 310 g/mol. The van der Waals surface area contributed by atoms with Gasteiger partial charge in [-0.05, 0) is 23.6 Å². The highest BCUT2D eigenvalue weighted by Gasteiger charge is 2.23. The molecule has 0 aliphatic heterocycles. The Hall–Kier alpha value is -1.91. The second kappa shape index (κ2) is 7.20. The number of nitrogens with one attached hydrogen (secondary N) is 1. The second-order valence-corrected chi connectivity index (χ2v) is 6.92. The Morgan fingerprint density at radius 3 is 2.62 bits per heavy atom. The van der Waals surface area contributed by atoms with E-state index in [1.165, 1.54) is 6.07 Å². The summed E-state index contributed by atoms with van der Waals surface area (Å²) in [5.41, 5.74) is 0.867. The first kappa shape index (κ1) is 17.1. The molecule has 0 radical (unpaired) electrons. The molecule has 0 fully saturated rings. The van der Waals surface area contributed by atoms with Crippen molar-refractivity contribution in [2.75, 3.05) is 6.54 Å². The van der Waals surface area contributed by atoms with Crippen molar-refractivity contribution in [3.05, 3.63) is 35.4 Å². The van der Waals surface area contributed by atoms with E-state index in [1.54, 1.807) is 32.0 Å². The smallest absolute Gasteiger partial charge is 0.308 e. The molecule has 7 heteroatoms. The minimum atomic E-state index is -3.64. The van der Waals surface area contributed by atoms with Crippen molar-refractivity contribution in [3.8, 4) is 6.07 Å². The Morgan fingerprint density at radius 1 is 1.43 bits per heavy atom. The van der Waals surface area contributed by atoms with Crippen molar-refractivity contribution in [2.45, 2.75) is 19.6 Å². The van der Waals surface area contributed by atoms with E-state index in [0.717, 1.165) is 0 Å². The third-order valence-electron chi connectivity index (χ3n) is 3.06. The van der Waals surface area contributed by atoms with Crippen LogP contribution in [0.2, 0.25) is 0 Å². The normalized spacial score (nSPS) is 12.9. The van der Waals surface area contributed by atoms with Gasteiger partial charge in [0.05, 0.1) is 23.3 Å². The molecule has 1 aromatic rings. The van der Waals surface area contributed by atoms with Gasteiger partial charge in [0.25, 0.3) is 0 Å². The molecule has 1 aromatic carbocycles. The number of hydrogen-bond donors (Lipinski definition) is 2. The lowest BCUT2D eigenvalue weighted by Crippen LogP contribution is -2.36. The van der Waals surface area contributed by atoms with Crippen LogP contribution in [0.25, 0.3) is 0 Å². The van der Waals surface area contributed by atoms with Crippen molar-refractivity contribution in [1.29, 1.82) is 5.26 Å². The van der Waals surface area contributed by atoms with Crippen LogP contribution in [0.15, 0.2) is 24.3 Å². The molecule has 0 aliphatic carbocycles. The zero-order valence-electron chi connectivity index (χ0n) is 11.9. The number of sulfonamides is 1. The van der Waals surface area contributed by atoms with Gasteiger partial charge < -0.3 is 5.11 Å². The van der Waals surface area contributed by atoms with Crippen LogP contribution in [0.5, 0.6) is 0 Å². The highest BCUT2D eigenvalue weighted by atomic mass is 32.2. The van der Waals surface area contributed by atoms with Gasteiger partial charge in [0.2, 0.25) is 10.0 Å². The van der Waals surface area contributed by atoms with E-state index in [9.17, 15) is 13.2 Å². The maximum absolute atomic E-state index is 12.0. The van der Waals surface area contributed by atoms with Gasteiger partial charge in [-0.25, -0.2) is 13.1 Å². The third kappa shape index (κ3) is 5.53. The Balaban J connectivity index is 2.74. The number of nitrogens with zero attached hydrogens (tertiary/aromatic N) is 1. The lowest BCUT2D eigenvalue weighted by atomic mass is 9.97. The Labute approximate surface area is 124 Å². The summed E-state index contributed by atoms with van der Waals surface area (Å²) in [6, 6.07) is 8.24. The lowest BCUT2D eigenvalue weighted by molar-refractivity contribution is -0.142. The predicted octanol–water partition coefficient (Wildman–Crippen LogP) is 1.33. The molecule has 1 unspecified atom stereocenters. The number of carboxylic acid groups (broad SMARTS) is 1. The van der Waals surface area contributed by atoms with Gasteiger partial charge in [-0.3, -0.25) is 4.79 Å². The van der Waals surface area contributed by atoms with E-state index < -0.39 is 21.9 Å². The van der Waals surface area contributed by atoms with Crippen molar-refractivity contribution < 1.29 is 18.3 Å². The number of benzene rings is 1. The molecule has 0 bridgehead atoms. The number of carbonyl (C=O) groups is 1. The zero-order chi connectivity index (χ0) is 16.0. The average Bonchev–Trinajstić information content (AvgIpc) is 2.37. The number of hydrogen-bond acceptors (Lipinski definition) is 4. The van der Waals surface area contributed by atoms with Gasteiger partial charge in [-0.2, -0.15) is 5.26 Å². The summed E-state index contributed by atoms with van der Waals surface area (Å²) in [4.78, 5) is 11.0. The van der Waals surface area contributed by atoms with Gasteiger partial charge in [0, 0.05) is 6.54 Å². The number of nitriles is 1. The van der Waals surface area contributed by atoms with Crippen LogP contribution in [-0.4, -0.2) is 26.0 Å². The van der Waals surface area contributed by atoms with Crippen molar-refractivity contribution in [3.63, 3.8) is 0 Å². The van der Waals surface area contributed by atoms with Crippen LogP contribution in [0.3, 0.4) is 0 Å². The van der Waals surface area contributed by atoms with Gasteiger partial charge in [0.15, 0.2) is 0 Å². The summed E-state index contributed by atoms with van der Waals surface area (Å²) < 4.78 is 26.2. The highest BCUT2D eigenvalue weighted by Crippen LogP contribution is 2.12. The third-order valence-corrected chi connectivity index (χ3v) is 4.38. The molecular formula is C14H18N2O4S. The fourth-order valence-electron chi connectivity index (χ4n) is 1.83. The summed E-state index contributed by atoms with van der Waals surface area (Å²) in [6.07, 6.45) is 0. The molecule has 0 spiro atoms. The molecule has 6 nitrogen and oxygen atoms in total. The first-order chi connectivity index (χ1) is 9.75. The molecule has 0 amide bonds. The largest absolute Gasteiger partial charge is 0.481 e. The van der Waals surface area contributed by atoms with Gasteiger partial charge in [-0.1, -0.05) is 26.0 Å². The van der Waals surface area contributed by atoms with Crippen LogP contribution in [-0.2, 0) is 20.6 Å². The number of carboxylic acids is 1. The summed E-state index contributed by atoms with van der Waals surface area (Å²) in [5, 5.41) is 17.8. The molecule has 114 valence electrons. The summed E-state index contributed by atoms with van der Waals surface area (Å²) in [6.45, 7) is 3.31. The molecule has 1 atom stereocenters. The maximum atomic E-state index is 12.0.